The maximum Gasteiger partial charge on any atom is 0.230 e. The summed E-state index contributed by atoms with van der Waals surface area (Å²) in [4.78, 5) is 26.5. The van der Waals surface area contributed by atoms with Gasteiger partial charge in [-0.25, -0.2) is 0 Å². The lowest BCUT2D eigenvalue weighted by Crippen LogP contribution is -2.31. The van der Waals surface area contributed by atoms with Crippen LogP contribution in [-0.2, 0) is 9.59 Å². The Labute approximate surface area is 156 Å². The number of hydrogen-bond acceptors (Lipinski definition) is 3. The molecule has 4 nitrogen and oxygen atoms in total. The van der Waals surface area contributed by atoms with Gasteiger partial charge in [0.05, 0.1) is 5.75 Å². The fourth-order valence-corrected chi connectivity index (χ4v) is 4.29. The highest BCUT2D eigenvalue weighted by molar-refractivity contribution is 8.00. The molecule has 2 aromatic rings. The second-order valence-electron chi connectivity index (χ2n) is 6.07. The van der Waals surface area contributed by atoms with Gasteiger partial charge in [0.15, 0.2) is 0 Å². The Morgan fingerprint density at radius 3 is 2.80 bits per heavy atom. The van der Waals surface area contributed by atoms with E-state index >= 15 is 0 Å². The molecule has 2 aromatic carbocycles. The predicted octanol–water partition coefficient (Wildman–Crippen LogP) is 3.71. The van der Waals surface area contributed by atoms with Crippen LogP contribution in [0.5, 0.6) is 0 Å². The molecule has 132 valence electrons. The van der Waals surface area contributed by atoms with Crippen LogP contribution in [0, 0.1) is 0 Å². The molecule has 25 heavy (non-hydrogen) atoms. The van der Waals surface area contributed by atoms with Crippen LogP contribution < -0.4 is 5.32 Å². The number of carbonyl (C=O) groups is 2. The summed E-state index contributed by atoms with van der Waals surface area (Å²) in [5.41, 5.74) is 0. The summed E-state index contributed by atoms with van der Waals surface area (Å²) in [6.07, 6.45) is 2.41. The first-order chi connectivity index (χ1) is 12.1. The number of nitrogens with one attached hydrogen (secondary N) is 1. The average molecular weight is 377 g/mol. The molecular formula is C19H21ClN2O2S. The third kappa shape index (κ3) is 4.67. The van der Waals surface area contributed by atoms with Crippen molar-refractivity contribution in [3.63, 3.8) is 0 Å². The summed E-state index contributed by atoms with van der Waals surface area (Å²) in [6, 6.07) is 11.8. The first-order valence-electron chi connectivity index (χ1n) is 8.49. The second kappa shape index (κ2) is 8.59. The molecule has 1 fully saturated rings. The molecule has 0 bridgehead atoms. The molecule has 1 N–H and O–H groups in total. The van der Waals surface area contributed by atoms with E-state index in [4.69, 9.17) is 11.6 Å². The van der Waals surface area contributed by atoms with E-state index in [0.717, 1.165) is 41.6 Å². The molecule has 0 atom stereocenters. The Morgan fingerprint density at radius 1 is 1.24 bits per heavy atom. The maximum atomic E-state index is 12.1. The Hall–Kier alpha value is -1.72. The van der Waals surface area contributed by atoms with E-state index in [9.17, 15) is 9.59 Å². The molecule has 1 aliphatic rings. The van der Waals surface area contributed by atoms with Crippen molar-refractivity contribution in [2.45, 2.75) is 24.2 Å². The first-order valence-corrected chi connectivity index (χ1v) is 9.86. The molecular weight excluding hydrogens is 356 g/mol. The summed E-state index contributed by atoms with van der Waals surface area (Å²) in [7, 11) is 0. The van der Waals surface area contributed by atoms with Crippen LogP contribution in [0.2, 0.25) is 5.02 Å². The van der Waals surface area contributed by atoms with Crippen LogP contribution in [0.25, 0.3) is 10.8 Å². The molecule has 0 spiro atoms. The fraction of sp³-hybridized carbons (Fsp3) is 0.368. The zero-order chi connectivity index (χ0) is 17.6. The normalized spacial score (nSPS) is 14.3. The smallest absolute Gasteiger partial charge is 0.230 e. The van der Waals surface area contributed by atoms with Crippen LogP contribution in [-0.4, -0.2) is 42.1 Å². The quantitative estimate of drug-likeness (QED) is 0.592. The number of carbonyl (C=O) groups excluding carboxylic acids is 2. The third-order valence-corrected chi connectivity index (χ3v) is 5.65. The minimum absolute atomic E-state index is 0.00167. The van der Waals surface area contributed by atoms with Gasteiger partial charge in [0.2, 0.25) is 11.8 Å². The van der Waals surface area contributed by atoms with Gasteiger partial charge in [-0.05, 0) is 30.4 Å². The van der Waals surface area contributed by atoms with Gasteiger partial charge in [-0.2, -0.15) is 0 Å². The number of amides is 2. The Bertz CT molecular complexity index is 776. The zero-order valence-electron chi connectivity index (χ0n) is 14.0. The number of halogens is 1. The van der Waals surface area contributed by atoms with Gasteiger partial charge in [0.1, 0.15) is 0 Å². The third-order valence-electron chi connectivity index (χ3n) is 4.27. The van der Waals surface area contributed by atoms with Crippen LogP contribution in [0.4, 0.5) is 0 Å². The molecule has 6 heteroatoms. The lowest BCUT2D eigenvalue weighted by molar-refractivity contribution is -0.127. The number of hydrogen-bond donors (Lipinski definition) is 1. The van der Waals surface area contributed by atoms with Crippen LogP contribution >= 0.6 is 23.4 Å². The Morgan fingerprint density at radius 2 is 2.04 bits per heavy atom. The minimum Gasteiger partial charge on any atom is -0.355 e. The van der Waals surface area contributed by atoms with Gasteiger partial charge in [0.25, 0.3) is 0 Å². The van der Waals surface area contributed by atoms with Gasteiger partial charge >= 0.3 is 0 Å². The van der Waals surface area contributed by atoms with E-state index in [-0.39, 0.29) is 11.8 Å². The maximum absolute atomic E-state index is 12.1. The van der Waals surface area contributed by atoms with Crippen molar-refractivity contribution >= 4 is 45.9 Å². The SMILES string of the molecule is O=C(CSc1cccc2cccc(Cl)c12)NCCCN1CCCC1=O. The highest BCUT2D eigenvalue weighted by Gasteiger charge is 2.19. The van der Waals surface area contributed by atoms with E-state index in [1.807, 2.05) is 41.3 Å². The summed E-state index contributed by atoms with van der Waals surface area (Å²) in [6.45, 7) is 2.18. The summed E-state index contributed by atoms with van der Waals surface area (Å²) in [5.74, 6) is 0.587. The van der Waals surface area contributed by atoms with E-state index < -0.39 is 0 Å². The first kappa shape index (κ1) is 18.1. The highest BCUT2D eigenvalue weighted by atomic mass is 35.5. The van der Waals surface area contributed by atoms with Crippen molar-refractivity contribution in [3.05, 3.63) is 41.4 Å². The molecule has 1 heterocycles. The number of rotatable bonds is 7. The second-order valence-corrected chi connectivity index (χ2v) is 7.49. The lowest BCUT2D eigenvalue weighted by atomic mass is 10.1. The standard InChI is InChI=1S/C19H21ClN2O2S/c20-15-7-1-5-14-6-2-8-16(19(14)15)25-13-17(23)21-10-4-12-22-11-3-9-18(22)24/h1-2,5-8H,3-4,9-13H2,(H,21,23). The molecule has 0 radical (unpaired) electrons. The number of nitrogens with zero attached hydrogens (tertiary/aromatic N) is 1. The van der Waals surface area contributed by atoms with Crippen molar-refractivity contribution in [1.82, 2.24) is 10.2 Å². The molecule has 3 rings (SSSR count). The molecule has 2 amide bonds. The van der Waals surface area contributed by atoms with E-state index in [1.54, 1.807) is 0 Å². The monoisotopic (exact) mass is 376 g/mol. The fourth-order valence-electron chi connectivity index (χ4n) is 3.01. The van der Waals surface area contributed by atoms with E-state index in [2.05, 4.69) is 5.32 Å². The Kier molecular flexibility index (Phi) is 6.21. The van der Waals surface area contributed by atoms with Crippen molar-refractivity contribution in [3.8, 4) is 0 Å². The van der Waals surface area contributed by atoms with Crippen molar-refractivity contribution in [2.24, 2.45) is 0 Å². The van der Waals surface area contributed by atoms with Gasteiger partial charge in [-0.3, -0.25) is 9.59 Å². The van der Waals surface area contributed by atoms with Gasteiger partial charge in [-0.1, -0.05) is 35.9 Å². The molecule has 0 unspecified atom stereocenters. The molecule has 0 aromatic heterocycles. The highest BCUT2D eigenvalue weighted by Crippen LogP contribution is 2.33. The summed E-state index contributed by atoms with van der Waals surface area (Å²) < 4.78 is 0. The van der Waals surface area contributed by atoms with Crippen LogP contribution in [0.15, 0.2) is 41.3 Å². The number of benzene rings is 2. The number of likely N-dealkylation sites (tertiary alicyclic amines) is 1. The Balaban J connectivity index is 1.46. The van der Waals surface area contributed by atoms with Crippen LogP contribution in [0.3, 0.4) is 0 Å². The van der Waals surface area contributed by atoms with E-state index in [0.29, 0.717) is 23.7 Å². The van der Waals surface area contributed by atoms with Crippen molar-refractivity contribution < 1.29 is 9.59 Å². The number of thioether (sulfide) groups is 1. The largest absolute Gasteiger partial charge is 0.355 e. The molecule has 1 saturated heterocycles. The van der Waals surface area contributed by atoms with E-state index in [1.165, 1.54) is 11.8 Å². The predicted molar refractivity (Wildman–Crippen MR) is 103 cm³/mol. The topological polar surface area (TPSA) is 49.4 Å². The van der Waals surface area contributed by atoms with Crippen LogP contribution in [0.1, 0.15) is 19.3 Å². The molecule has 0 saturated carbocycles. The summed E-state index contributed by atoms with van der Waals surface area (Å²) >= 11 is 7.80. The van der Waals surface area contributed by atoms with Crippen molar-refractivity contribution in [1.29, 1.82) is 0 Å². The van der Waals surface area contributed by atoms with Crippen molar-refractivity contribution in [2.75, 3.05) is 25.4 Å². The lowest BCUT2D eigenvalue weighted by Gasteiger charge is -2.15. The minimum atomic E-state index is 0.00167. The average Bonchev–Trinajstić information content (AvgIpc) is 3.02. The number of fused-ring (bicyclic) bond motifs is 1. The zero-order valence-corrected chi connectivity index (χ0v) is 15.5. The molecule has 1 aliphatic heterocycles. The summed E-state index contributed by atoms with van der Waals surface area (Å²) in [5, 5.41) is 5.70. The molecule has 0 aliphatic carbocycles. The van der Waals surface area contributed by atoms with Gasteiger partial charge in [-0.15, -0.1) is 11.8 Å². The van der Waals surface area contributed by atoms with Gasteiger partial charge in [0, 0.05) is 41.4 Å². The van der Waals surface area contributed by atoms with Gasteiger partial charge < -0.3 is 10.2 Å².